The van der Waals surface area contributed by atoms with Crippen LogP contribution in [0.2, 0.25) is 0 Å². The Labute approximate surface area is 179 Å². The molecule has 9 nitrogen and oxygen atoms in total. The Morgan fingerprint density at radius 2 is 1.94 bits per heavy atom. The normalized spacial score (nSPS) is 19.6. The second-order valence-electron chi connectivity index (χ2n) is 7.86. The average molecular weight is 453 g/mol. The van der Waals surface area contributed by atoms with Gasteiger partial charge in [-0.1, -0.05) is 12.1 Å². The van der Waals surface area contributed by atoms with Gasteiger partial charge in [0.2, 0.25) is 15.8 Å². The first-order valence-electron chi connectivity index (χ1n) is 9.71. The van der Waals surface area contributed by atoms with Crippen LogP contribution in [0.1, 0.15) is 40.8 Å². The highest BCUT2D eigenvalue weighted by molar-refractivity contribution is 7.88. The quantitative estimate of drug-likeness (QED) is 0.594. The molecule has 2 N–H and O–H groups in total. The molecule has 1 fully saturated rings. The third kappa shape index (κ3) is 5.35. The first kappa shape index (κ1) is 23.0. The van der Waals surface area contributed by atoms with Crippen molar-refractivity contribution in [1.82, 2.24) is 19.2 Å². The van der Waals surface area contributed by atoms with Crippen molar-refractivity contribution in [2.45, 2.75) is 31.3 Å². The van der Waals surface area contributed by atoms with E-state index in [1.807, 2.05) is 4.90 Å². The van der Waals surface area contributed by atoms with Crippen LogP contribution >= 0.6 is 0 Å². The summed E-state index contributed by atoms with van der Waals surface area (Å²) in [5, 5.41) is 10.2. The average Bonchev–Trinajstić information content (AvgIpc) is 3.03. The van der Waals surface area contributed by atoms with Gasteiger partial charge in [0.25, 0.3) is 5.56 Å². The number of halogens is 1. The summed E-state index contributed by atoms with van der Waals surface area (Å²) < 4.78 is 39.9. The number of hydrogen-bond acceptors (Lipinski definition) is 7. The molecule has 2 heterocycles. The predicted molar refractivity (Wildman–Crippen MR) is 112 cm³/mol. The monoisotopic (exact) mass is 452 g/mol. The number of nitrogens with one attached hydrogen (secondary N) is 1. The predicted octanol–water partition coefficient (Wildman–Crippen LogP) is 0.735. The summed E-state index contributed by atoms with van der Waals surface area (Å²) in [6.45, 7) is 0.405. The van der Waals surface area contributed by atoms with Gasteiger partial charge in [-0.2, -0.15) is 0 Å². The van der Waals surface area contributed by atoms with E-state index in [9.17, 15) is 27.5 Å². The van der Waals surface area contributed by atoms with Gasteiger partial charge >= 0.3 is 0 Å². The van der Waals surface area contributed by atoms with E-state index in [-0.39, 0.29) is 29.8 Å². The van der Waals surface area contributed by atoms with Gasteiger partial charge in [0.1, 0.15) is 11.6 Å². The number of hydrogen-bond donors (Lipinski definition) is 2. The van der Waals surface area contributed by atoms with Gasteiger partial charge in [-0.15, -0.1) is 0 Å². The molecule has 0 spiro atoms. The summed E-state index contributed by atoms with van der Waals surface area (Å²) in [5.74, 6) is -1.34. The van der Waals surface area contributed by atoms with E-state index in [1.54, 1.807) is 19.2 Å². The molecule has 0 unspecified atom stereocenters. The van der Waals surface area contributed by atoms with Crippen LogP contribution in [0, 0.1) is 5.82 Å². The highest BCUT2D eigenvalue weighted by atomic mass is 32.2. The minimum absolute atomic E-state index is 0.0163. The molecule has 0 radical (unpaired) electrons. The third-order valence-corrected chi connectivity index (χ3v) is 6.11. The molecule has 1 saturated heterocycles. The smallest absolute Gasteiger partial charge is 0.296 e. The lowest BCUT2D eigenvalue weighted by Gasteiger charge is -2.21. The Morgan fingerprint density at radius 3 is 2.55 bits per heavy atom. The summed E-state index contributed by atoms with van der Waals surface area (Å²) in [5.41, 5.74) is -0.320. The second kappa shape index (κ2) is 8.85. The first-order chi connectivity index (χ1) is 14.5. The van der Waals surface area contributed by atoms with Crippen molar-refractivity contribution >= 4 is 15.8 Å². The number of aromatic hydroxyl groups is 1. The van der Waals surface area contributed by atoms with Crippen LogP contribution in [0.3, 0.4) is 0 Å². The summed E-state index contributed by atoms with van der Waals surface area (Å²) >= 11 is 0. The Bertz CT molecular complexity index is 1150. The molecular weight excluding hydrogens is 427 g/mol. The van der Waals surface area contributed by atoms with Crippen molar-refractivity contribution in [2.75, 3.05) is 19.8 Å². The zero-order valence-corrected chi connectivity index (χ0v) is 18.3. The van der Waals surface area contributed by atoms with Crippen molar-refractivity contribution in [3.63, 3.8) is 0 Å². The van der Waals surface area contributed by atoms with Crippen molar-refractivity contribution < 1.29 is 22.7 Å². The Kier molecular flexibility index (Phi) is 6.58. The van der Waals surface area contributed by atoms with Crippen molar-refractivity contribution in [3.8, 4) is 5.75 Å². The zero-order valence-electron chi connectivity index (χ0n) is 17.5. The van der Waals surface area contributed by atoms with E-state index in [2.05, 4.69) is 9.71 Å². The summed E-state index contributed by atoms with van der Waals surface area (Å²) in [7, 11) is -0.189. The topological polar surface area (TPSA) is 122 Å². The summed E-state index contributed by atoms with van der Waals surface area (Å²) in [6, 6.07) is 4.93. The number of ketones is 1. The van der Waals surface area contributed by atoms with E-state index in [0.29, 0.717) is 19.4 Å². The SMILES string of the molecule is CN1C[C@@H](NS(C)(=O)=O)C[C@H]1c1nc(C(=O)CCc2ccc(F)cc2)c(O)c(=O)n1C. The molecule has 1 aromatic heterocycles. The molecule has 0 amide bonds. The molecule has 1 aliphatic heterocycles. The Morgan fingerprint density at radius 1 is 1.29 bits per heavy atom. The van der Waals surface area contributed by atoms with E-state index >= 15 is 0 Å². The summed E-state index contributed by atoms with van der Waals surface area (Å²) in [4.78, 5) is 31.4. The molecule has 0 aliphatic carbocycles. The van der Waals surface area contributed by atoms with Gasteiger partial charge in [0, 0.05) is 26.1 Å². The van der Waals surface area contributed by atoms with Crippen LogP contribution in [0.15, 0.2) is 29.1 Å². The molecule has 168 valence electrons. The maximum atomic E-state index is 13.0. The number of nitrogens with zero attached hydrogens (tertiary/aromatic N) is 3. The number of likely N-dealkylation sites (N-methyl/N-ethyl adjacent to an activating group) is 1. The van der Waals surface area contributed by atoms with Crippen LogP contribution in [-0.2, 0) is 23.5 Å². The molecule has 1 aromatic carbocycles. The number of carbonyl (C=O) groups excluding carboxylic acids is 1. The van der Waals surface area contributed by atoms with E-state index in [0.717, 1.165) is 11.8 Å². The molecule has 31 heavy (non-hydrogen) atoms. The molecule has 0 saturated carbocycles. The largest absolute Gasteiger partial charge is 0.501 e. The van der Waals surface area contributed by atoms with Crippen LogP contribution in [0.5, 0.6) is 5.75 Å². The van der Waals surface area contributed by atoms with Gasteiger partial charge in [0.15, 0.2) is 11.5 Å². The van der Waals surface area contributed by atoms with Gasteiger partial charge in [-0.3, -0.25) is 19.1 Å². The van der Waals surface area contributed by atoms with Crippen molar-refractivity contribution in [1.29, 1.82) is 0 Å². The van der Waals surface area contributed by atoms with Crippen LogP contribution < -0.4 is 10.3 Å². The highest BCUT2D eigenvalue weighted by Gasteiger charge is 2.35. The first-order valence-corrected chi connectivity index (χ1v) is 11.6. The fraction of sp³-hybridized carbons (Fsp3) is 0.450. The number of sulfonamides is 1. The van der Waals surface area contributed by atoms with Crippen LogP contribution in [0.4, 0.5) is 4.39 Å². The molecule has 3 rings (SSSR count). The van der Waals surface area contributed by atoms with Gasteiger partial charge in [-0.25, -0.2) is 22.5 Å². The molecule has 1 aliphatic rings. The number of Topliss-reactive ketones (excluding diaryl/α,β-unsaturated/α-hetero) is 1. The van der Waals surface area contributed by atoms with Crippen molar-refractivity contribution in [3.05, 3.63) is 57.5 Å². The number of benzene rings is 1. The second-order valence-corrected chi connectivity index (χ2v) is 9.64. The van der Waals surface area contributed by atoms with Crippen molar-refractivity contribution in [2.24, 2.45) is 7.05 Å². The molecule has 11 heteroatoms. The number of carbonyl (C=O) groups is 1. The van der Waals surface area contributed by atoms with E-state index in [1.165, 1.54) is 23.7 Å². The van der Waals surface area contributed by atoms with E-state index < -0.39 is 33.2 Å². The highest BCUT2D eigenvalue weighted by Crippen LogP contribution is 2.30. The number of likely N-dealkylation sites (tertiary alicyclic amines) is 1. The number of aromatic nitrogens is 2. The Hall–Kier alpha value is -2.63. The number of aryl methyl sites for hydroxylation is 1. The minimum Gasteiger partial charge on any atom is -0.501 e. The molecule has 2 aromatic rings. The lowest BCUT2D eigenvalue weighted by Crippen LogP contribution is -2.35. The fourth-order valence-corrected chi connectivity index (χ4v) is 4.59. The van der Waals surface area contributed by atoms with Gasteiger partial charge in [0.05, 0.1) is 12.3 Å². The van der Waals surface area contributed by atoms with Crippen LogP contribution in [0.25, 0.3) is 0 Å². The molecule has 0 bridgehead atoms. The summed E-state index contributed by atoms with van der Waals surface area (Å²) in [6.07, 6.45) is 1.72. The molecule has 2 atom stereocenters. The maximum Gasteiger partial charge on any atom is 0.296 e. The zero-order chi connectivity index (χ0) is 22.9. The van der Waals surface area contributed by atoms with E-state index in [4.69, 9.17) is 0 Å². The van der Waals surface area contributed by atoms with Crippen LogP contribution in [-0.4, -0.2) is 59.6 Å². The molecular formula is C20H25FN4O5S. The minimum atomic E-state index is -3.40. The number of rotatable bonds is 7. The lowest BCUT2D eigenvalue weighted by molar-refractivity contribution is 0.0973. The Balaban J connectivity index is 1.85. The van der Waals surface area contributed by atoms with Gasteiger partial charge < -0.3 is 5.11 Å². The standard InChI is InChI=1S/C20H25FN4O5S/c1-24-11-14(23-31(3,29)30)10-15(24)19-22-17(18(27)20(28)25(19)2)16(26)9-6-12-4-7-13(21)8-5-12/h4-5,7-8,14-15,23,27H,6,9-11H2,1-3H3/t14-,15-/m0/s1. The van der Waals surface area contributed by atoms with Gasteiger partial charge in [-0.05, 0) is 37.6 Å². The fourth-order valence-electron chi connectivity index (χ4n) is 3.82. The maximum absolute atomic E-state index is 13.0. The lowest BCUT2D eigenvalue weighted by atomic mass is 10.1. The third-order valence-electron chi connectivity index (χ3n) is 5.35.